The largest absolute Gasteiger partial charge is 0.384 e. The van der Waals surface area contributed by atoms with Crippen molar-refractivity contribution in [2.24, 2.45) is 0 Å². The molecule has 1 heterocycles. The lowest BCUT2D eigenvalue weighted by molar-refractivity contribution is 0.349. The standard InChI is InChI=1S/C17H31N3S/c1-5-21-12-11-14-15(18)20(17(2,3)4)16(19-14)13-9-7-6-8-10-13/h13H,5-12,18H2,1-4H3. The molecule has 0 aliphatic heterocycles. The van der Waals surface area contributed by atoms with Crippen LogP contribution in [0.5, 0.6) is 0 Å². The molecule has 2 N–H and O–H groups in total. The highest BCUT2D eigenvalue weighted by Crippen LogP contribution is 2.37. The van der Waals surface area contributed by atoms with E-state index in [9.17, 15) is 0 Å². The van der Waals surface area contributed by atoms with Crippen LogP contribution in [0.4, 0.5) is 5.82 Å². The molecule has 120 valence electrons. The van der Waals surface area contributed by atoms with Gasteiger partial charge in [-0.2, -0.15) is 11.8 Å². The van der Waals surface area contributed by atoms with Gasteiger partial charge in [0.05, 0.1) is 5.69 Å². The number of nitrogens with two attached hydrogens (primary N) is 1. The Kier molecular flexibility index (Phi) is 5.64. The second kappa shape index (κ2) is 7.08. The molecule has 0 aromatic carbocycles. The number of hydrogen-bond donors (Lipinski definition) is 1. The number of nitrogen functional groups attached to an aromatic ring is 1. The Morgan fingerprint density at radius 1 is 1.24 bits per heavy atom. The monoisotopic (exact) mass is 309 g/mol. The number of aryl methyl sites for hydroxylation is 1. The lowest BCUT2D eigenvalue weighted by atomic mass is 9.88. The second-order valence-corrected chi connectivity index (χ2v) is 8.48. The molecule has 3 nitrogen and oxygen atoms in total. The Morgan fingerprint density at radius 3 is 2.48 bits per heavy atom. The average Bonchev–Trinajstić information content (AvgIpc) is 2.77. The van der Waals surface area contributed by atoms with Crippen molar-refractivity contribution in [1.29, 1.82) is 0 Å². The minimum Gasteiger partial charge on any atom is -0.384 e. The molecule has 1 fully saturated rings. The average molecular weight is 310 g/mol. The smallest absolute Gasteiger partial charge is 0.127 e. The summed E-state index contributed by atoms with van der Waals surface area (Å²) >= 11 is 1.97. The van der Waals surface area contributed by atoms with Crippen molar-refractivity contribution in [3.8, 4) is 0 Å². The van der Waals surface area contributed by atoms with E-state index in [0.717, 1.165) is 29.4 Å². The molecular weight excluding hydrogens is 278 g/mol. The van der Waals surface area contributed by atoms with Crippen LogP contribution in [-0.4, -0.2) is 21.1 Å². The summed E-state index contributed by atoms with van der Waals surface area (Å²) in [5.41, 5.74) is 7.60. The Hall–Kier alpha value is -0.640. The fourth-order valence-electron chi connectivity index (χ4n) is 3.33. The molecule has 1 aromatic heterocycles. The molecule has 0 amide bonds. The molecule has 0 atom stereocenters. The highest BCUT2D eigenvalue weighted by molar-refractivity contribution is 7.99. The molecule has 0 spiro atoms. The van der Waals surface area contributed by atoms with Crippen LogP contribution in [0.25, 0.3) is 0 Å². The van der Waals surface area contributed by atoms with Crippen molar-refractivity contribution in [3.63, 3.8) is 0 Å². The molecular formula is C17H31N3S. The van der Waals surface area contributed by atoms with Gasteiger partial charge in [-0.05, 0) is 45.1 Å². The predicted octanol–water partition coefficient (Wildman–Crippen LogP) is 4.56. The van der Waals surface area contributed by atoms with E-state index in [0.29, 0.717) is 5.92 Å². The number of aromatic nitrogens is 2. The highest BCUT2D eigenvalue weighted by Gasteiger charge is 2.29. The molecule has 21 heavy (non-hydrogen) atoms. The molecule has 0 saturated heterocycles. The first kappa shape index (κ1) is 16.7. The molecule has 1 aromatic rings. The molecule has 2 rings (SSSR count). The summed E-state index contributed by atoms with van der Waals surface area (Å²) in [4.78, 5) is 5.00. The van der Waals surface area contributed by atoms with Crippen molar-refractivity contribution < 1.29 is 0 Å². The van der Waals surface area contributed by atoms with Crippen molar-refractivity contribution >= 4 is 17.6 Å². The molecule has 0 radical (unpaired) electrons. The van der Waals surface area contributed by atoms with E-state index in [1.165, 1.54) is 37.9 Å². The maximum absolute atomic E-state index is 6.47. The number of thioether (sulfide) groups is 1. The fourth-order valence-corrected chi connectivity index (χ4v) is 3.96. The third kappa shape index (κ3) is 3.97. The van der Waals surface area contributed by atoms with E-state index in [1.54, 1.807) is 0 Å². The van der Waals surface area contributed by atoms with Gasteiger partial charge in [-0.25, -0.2) is 4.98 Å². The highest BCUT2D eigenvalue weighted by atomic mass is 32.2. The van der Waals surface area contributed by atoms with Gasteiger partial charge in [0.15, 0.2) is 0 Å². The summed E-state index contributed by atoms with van der Waals surface area (Å²) < 4.78 is 2.31. The van der Waals surface area contributed by atoms with E-state index in [4.69, 9.17) is 10.7 Å². The molecule has 1 aliphatic carbocycles. The van der Waals surface area contributed by atoms with Gasteiger partial charge in [-0.3, -0.25) is 0 Å². The lowest BCUT2D eigenvalue weighted by Gasteiger charge is -2.29. The van der Waals surface area contributed by atoms with Gasteiger partial charge in [0, 0.05) is 17.9 Å². The lowest BCUT2D eigenvalue weighted by Crippen LogP contribution is -2.27. The van der Waals surface area contributed by atoms with Crippen LogP contribution in [0.15, 0.2) is 0 Å². The number of imidazole rings is 1. The van der Waals surface area contributed by atoms with Gasteiger partial charge in [0.25, 0.3) is 0 Å². The van der Waals surface area contributed by atoms with Crippen LogP contribution in [0.1, 0.15) is 77.2 Å². The number of anilines is 1. The third-order valence-electron chi connectivity index (χ3n) is 4.34. The summed E-state index contributed by atoms with van der Waals surface area (Å²) in [7, 11) is 0. The van der Waals surface area contributed by atoms with Gasteiger partial charge < -0.3 is 10.3 Å². The van der Waals surface area contributed by atoms with Gasteiger partial charge >= 0.3 is 0 Å². The van der Waals surface area contributed by atoms with Crippen LogP contribution in [-0.2, 0) is 12.0 Å². The molecule has 0 unspecified atom stereocenters. The number of nitrogens with zero attached hydrogens (tertiary/aromatic N) is 2. The van der Waals surface area contributed by atoms with Crippen LogP contribution >= 0.6 is 11.8 Å². The topological polar surface area (TPSA) is 43.8 Å². The maximum atomic E-state index is 6.47. The Bertz CT molecular complexity index is 453. The van der Waals surface area contributed by atoms with E-state index in [2.05, 4.69) is 32.3 Å². The van der Waals surface area contributed by atoms with E-state index in [1.807, 2.05) is 11.8 Å². The normalized spacial score (nSPS) is 17.3. The minimum atomic E-state index is 0.0139. The Morgan fingerprint density at radius 2 is 1.90 bits per heavy atom. The van der Waals surface area contributed by atoms with Crippen molar-refractivity contribution in [3.05, 3.63) is 11.5 Å². The number of rotatable bonds is 5. The van der Waals surface area contributed by atoms with Gasteiger partial charge in [-0.1, -0.05) is 26.2 Å². The van der Waals surface area contributed by atoms with Crippen molar-refractivity contribution in [1.82, 2.24) is 9.55 Å². The summed E-state index contributed by atoms with van der Waals surface area (Å²) in [6.07, 6.45) is 7.59. The van der Waals surface area contributed by atoms with Crippen molar-refractivity contribution in [2.45, 2.75) is 77.7 Å². The van der Waals surface area contributed by atoms with E-state index < -0.39 is 0 Å². The first-order chi connectivity index (χ1) is 9.95. The zero-order chi connectivity index (χ0) is 15.5. The quantitative estimate of drug-likeness (QED) is 0.811. The first-order valence-corrected chi connectivity index (χ1v) is 9.55. The minimum absolute atomic E-state index is 0.0139. The molecule has 0 bridgehead atoms. The molecule has 1 saturated carbocycles. The van der Waals surface area contributed by atoms with Gasteiger partial charge in [-0.15, -0.1) is 0 Å². The predicted molar refractivity (Wildman–Crippen MR) is 94.2 cm³/mol. The Labute approximate surface area is 134 Å². The second-order valence-electron chi connectivity index (χ2n) is 7.09. The van der Waals surface area contributed by atoms with Crippen LogP contribution < -0.4 is 5.73 Å². The SMILES string of the molecule is CCSCCc1nc(C2CCCCC2)n(C(C)(C)C)c1N. The third-order valence-corrected chi connectivity index (χ3v) is 5.24. The fraction of sp³-hybridized carbons (Fsp3) is 0.824. The maximum Gasteiger partial charge on any atom is 0.127 e. The van der Waals surface area contributed by atoms with E-state index in [-0.39, 0.29) is 5.54 Å². The van der Waals surface area contributed by atoms with Crippen LogP contribution in [0, 0.1) is 0 Å². The van der Waals surface area contributed by atoms with Crippen molar-refractivity contribution in [2.75, 3.05) is 17.2 Å². The zero-order valence-corrected chi connectivity index (χ0v) is 14.9. The number of hydrogen-bond acceptors (Lipinski definition) is 3. The van der Waals surface area contributed by atoms with Gasteiger partial charge in [0.2, 0.25) is 0 Å². The summed E-state index contributed by atoms with van der Waals surface area (Å²) in [6.45, 7) is 8.92. The summed E-state index contributed by atoms with van der Waals surface area (Å²) in [5, 5.41) is 0. The van der Waals surface area contributed by atoms with E-state index >= 15 is 0 Å². The Balaban J connectivity index is 2.30. The van der Waals surface area contributed by atoms with Crippen LogP contribution in [0.2, 0.25) is 0 Å². The summed E-state index contributed by atoms with van der Waals surface area (Å²) in [6, 6.07) is 0. The molecule has 4 heteroatoms. The van der Waals surface area contributed by atoms with Crippen LogP contribution in [0.3, 0.4) is 0 Å². The zero-order valence-electron chi connectivity index (χ0n) is 14.1. The van der Waals surface area contributed by atoms with Gasteiger partial charge in [0.1, 0.15) is 11.6 Å². The molecule has 1 aliphatic rings. The first-order valence-electron chi connectivity index (χ1n) is 8.40. The summed E-state index contributed by atoms with van der Waals surface area (Å²) in [5.74, 6) is 5.03.